The molecule has 6 heteroatoms. The maximum atomic E-state index is 12.2. The SMILES string of the molecule is CC(C)(C)OC(=O)N1CC(C2CCN(C(=O)OCc3ccccc3)CC2)C1. The summed E-state index contributed by atoms with van der Waals surface area (Å²) in [4.78, 5) is 27.8. The maximum absolute atomic E-state index is 12.2. The van der Waals surface area contributed by atoms with E-state index in [4.69, 9.17) is 9.47 Å². The van der Waals surface area contributed by atoms with Crippen LogP contribution in [-0.2, 0) is 16.1 Å². The van der Waals surface area contributed by atoms with Crippen LogP contribution < -0.4 is 0 Å². The zero-order valence-corrected chi connectivity index (χ0v) is 16.5. The van der Waals surface area contributed by atoms with Crippen molar-refractivity contribution in [3.8, 4) is 0 Å². The van der Waals surface area contributed by atoms with E-state index >= 15 is 0 Å². The summed E-state index contributed by atoms with van der Waals surface area (Å²) >= 11 is 0. The van der Waals surface area contributed by atoms with Gasteiger partial charge in [0.25, 0.3) is 0 Å². The molecule has 2 aliphatic rings. The van der Waals surface area contributed by atoms with E-state index in [2.05, 4.69) is 0 Å². The van der Waals surface area contributed by atoms with Crippen LogP contribution in [0, 0.1) is 11.8 Å². The summed E-state index contributed by atoms with van der Waals surface area (Å²) in [6, 6.07) is 9.72. The lowest BCUT2D eigenvalue weighted by Crippen LogP contribution is -2.55. The Labute approximate surface area is 161 Å². The van der Waals surface area contributed by atoms with Gasteiger partial charge in [0.05, 0.1) is 0 Å². The molecule has 6 nitrogen and oxygen atoms in total. The van der Waals surface area contributed by atoms with E-state index in [0.717, 1.165) is 44.6 Å². The number of carbonyl (C=O) groups excluding carboxylic acids is 2. The minimum absolute atomic E-state index is 0.222. The average molecular weight is 374 g/mol. The number of amides is 2. The first-order chi connectivity index (χ1) is 12.8. The summed E-state index contributed by atoms with van der Waals surface area (Å²) in [6.07, 6.45) is 1.47. The fourth-order valence-electron chi connectivity index (χ4n) is 3.65. The molecule has 2 aliphatic heterocycles. The van der Waals surface area contributed by atoms with Gasteiger partial charge in [0.2, 0.25) is 0 Å². The topological polar surface area (TPSA) is 59.1 Å². The number of hydrogen-bond acceptors (Lipinski definition) is 4. The lowest BCUT2D eigenvalue weighted by atomic mass is 9.80. The van der Waals surface area contributed by atoms with Gasteiger partial charge in [0, 0.05) is 26.2 Å². The van der Waals surface area contributed by atoms with Crippen LogP contribution in [0.2, 0.25) is 0 Å². The normalized spacial score (nSPS) is 18.8. The zero-order valence-electron chi connectivity index (χ0n) is 16.5. The summed E-state index contributed by atoms with van der Waals surface area (Å²) in [6.45, 7) is 8.93. The molecule has 1 aromatic carbocycles. The Bertz CT molecular complexity index is 642. The quantitative estimate of drug-likeness (QED) is 0.805. The molecule has 27 heavy (non-hydrogen) atoms. The molecule has 1 aromatic rings. The first kappa shape index (κ1) is 19.5. The summed E-state index contributed by atoms with van der Waals surface area (Å²) < 4.78 is 10.8. The van der Waals surface area contributed by atoms with Gasteiger partial charge in [-0.15, -0.1) is 0 Å². The van der Waals surface area contributed by atoms with E-state index in [-0.39, 0.29) is 12.2 Å². The van der Waals surface area contributed by atoms with Gasteiger partial charge in [-0.05, 0) is 51.0 Å². The Morgan fingerprint density at radius 3 is 2.19 bits per heavy atom. The van der Waals surface area contributed by atoms with Crippen LogP contribution in [0.5, 0.6) is 0 Å². The van der Waals surface area contributed by atoms with Gasteiger partial charge in [0.15, 0.2) is 0 Å². The van der Waals surface area contributed by atoms with Crippen molar-refractivity contribution in [2.24, 2.45) is 11.8 Å². The van der Waals surface area contributed by atoms with Gasteiger partial charge in [-0.2, -0.15) is 0 Å². The molecule has 2 heterocycles. The van der Waals surface area contributed by atoms with Crippen molar-refractivity contribution in [3.05, 3.63) is 35.9 Å². The van der Waals surface area contributed by atoms with Crippen molar-refractivity contribution in [3.63, 3.8) is 0 Å². The molecule has 0 atom stereocenters. The van der Waals surface area contributed by atoms with E-state index in [0.29, 0.717) is 18.4 Å². The highest BCUT2D eigenvalue weighted by Gasteiger charge is 2.39. The highest BCUT2D eigenvalue weighted by Crippen LogP contribution is 2.32. The second-order valence-corrected chi connectivity index (χ2v) is 8.51. The molecular weight excluding hydrogens is 344 g/mol. The van der Waals surface area contributed by atoms with Gasteiger partial charge in [0.1, 0.15) is 12.2 Å². The first-order valence-electron chi connectivity index (χ1n) is 9.75. The van der Waals surface area contributed by atoms with Crippen molar-refractivity contribution >= 4 is 12.2 Å². The van der Waals surface area contributed by atoms with Crippen LogP contribution in [0.4, 0.5) is 9.59 Å². The molecule has 2 amide bonds. The minimum atomic E-state index is -0.451. The molecule has 0 spiro atoms. The van der Waals surface area contributed by atoms with E-state index in [1.165, 1.54) is 0 Å². The second kappa shape index (κ2) is 8.19. The number of ether oxygens (including phenoxy) is 2. The third-order valence-corrected chi connectivity index (χ3v) is 5.23. The summed E-state index contributed by atoms with van der Waals surface area (Å²) in [5, 5.41) is 0. The molecular formula is C21H30N2O4. The number of benzene rings is 1. The number of likely N-dealkylation sites (tertiary alicyclic amines) is 2. The molecule has 3 rings (SSSR count). The average Bonchev–Trinajstić information content (AvgIpc) is 2.58. The lowest BCUT2D eigenvalue weighted by molar-refractivity contribution is -0.0177. The summed E-state index contributed by atoms with van der Waals surface area (Å²) in [5.74, 6) is 1.07. The maximum Gasteiger partial charge on any atom is 0.410 e. The van der Waals surface area contributed by atoms with E-state index in [1.807, 2.05) is 51.1 Å². The van der Waals surface area contributed by atoms with Gasteiger partial charge >= 0.3 is 12.2 Å². The van der Waals surface area contributed by atoms with E-state index in [1.54, 1.807) is 9.80 Å². The van der Waals surface area contributed by atoms with Gasteiger partial charge in [-0.1, -0.05) is 30.3 Å². The van der Waals surface area contributed by atoms with Crippen LogP contribution in [0.15, 0.2) is 30.3 Å². The monoisotopic (exact) mass is 374 g/mol. The van der Waals surface area contributed by atoms with E-state index < -0.39 is 5.60 Å². The Morgan fingerprint density at radius 2 is 1.59 bits per heavy atom. The van der Waals surface area contributed by atoms with Crippen molar-refractivity contribution in [1.82, 2.24) is 9.80 Å². The predicted octanol–water partition coefficient (Wildman–Crippen LogP) is 3.90. The molecule has 148 valence electrons. The van der Waals surface area contributed by atoms with Gasteiger partial charge in [-0.3, -0.25) is 0 Å². The van der Waals surface area contributed by atoms with Gasteiger partial charge in [-0.25, -0.2) is 9.59 Å². The fraction of sp³-hybridized carbons (Fsp3) is 0.619. The van der Waals surface area contributed by atoms with Crippen LogP contribution in [0.1, 0.15) is 39.2 Å². The van der Waals surface area contributed by atoms with Crippen LogP contribution in [0.3, 0.4) is 0 Å². The van der Waals surface area contributed by atoms with E-state index in [9.17, 15) is 9.59 Å². The van der Waals surface area contributed by atoms with Crippen LogP contribution in [-0.4, -0.2) is 53.8 Å². The number of hydrogen-bond donors (Lipinski definition) is 0. The third kappa shape index (κ3) is 5.37. The minimum Gasteiger partial charge on any atom is -0.445 e. The molecule has 0 saturated carbocycles. The van der Waals surface area contributed by atoms with Crippen molar-refractivity contribution in [1.29, 1.82) is 0 Å². The smallest absolute Gasteiger partial charge is 0.410 e. The number of nitrogens with zero attached hydrogens (tertiary/aromatic N) is 2. The van der Waals surface area contributed by atoms with Crippen molar-refractivity contribution in [2.45, 2.75) is 45.8 Å². The molecule has 2 saturated heterocycles. The number of carbonyl (C=O) groups is 2. The molecule has 0 radical (unpaired) electrons. The highest BCUT2D eigenvalue weighted by molar-refractivity contribution is 5.69. The van der Waals surface area contributed by atoms with Crippen LogP contribution in [0.25, 0.3) is 0 Å². The molecule has 2 fully saturated rings. The molecule has 0 bridgehead atoms. The fourth-order valence-corrected chi connectivity index (χ4v) is 3.65. The van der Waals surface area contributed by atoms with Crippen molar-refractivity contribution in [2.75, 3.05) is 26.2 Å². The summed E-state index contributed by atoms with van der Waals surface area (Å²) in [7, 11) is 0. The number of rotatable bonds is 3. The Morgan fingerprint density at radius 1 is 0.963 bits per heavy atom. The highest BCUT2D eigenvalue weighted by atomic mass is 16.6. The standard InChI is InChI=1S/C21H30N2O4/c1-21(2,3)27-20(25)23-13-18(14-23)17-9-11-22(12-10-17)19(24)26-15-16-7-5-4-6-8-16/h4-8,17-18H,9-15H2,1-3H3. The van der Waals surface area contributed by atoms with Gasteiger partial charge < -0.3 is 19.3 Å². The molecule has 0 unspecified atom stereocenters. The predicted molar refractivity (Wildman–Crippen MR) is 102 cm³/mol. The first-order valence-corrected chi connectivity index (χ1v) is 9.75. The Hall–Kier alpha value is -2.24. The Balaban J connectivity index is 1.36. The van der Waals surface area contributed by atoms with Crippen molar-refractivity contribution < 1.29 is 19.1 Å². The molecule has 0 N–H and O–H groups in total. The summed E-state index contributed by atoms with van der Waals surface area (Å²) in [5.41, 5.74) is 0.547. The second-order valence-electron chi connectivity index (χ2n) is 8.51. The zero-order chi connectivity index (χ0) is 19.4. The largest absolute Gasteiger partial charge is 0.445 e. The lowest BCUT2D eigenvalue weighted by Gasteiger charge is -2.45. The molecule has 0 aliphatic carbocycles. The third-order valence-electron chi connectivity index (χ3n) is 5.23. The molecule has 0 aromatic heterocycles. The Kier molecular flexibility index (Phi) is 5.92. The number of piperidine rings is 1. The van der Waals surface area contributed by atoms with Crippen LogP contribution >= 0.6 is 0 Å².